The van der Waals surface area contributed by atoms with Crippen molar-refractivity contribution < 1.29 is 19.1 Å². The van der Waals surface area contributed by atoms with E-state index in [9.17, 15) is 9.59 Å². The van der Waals surface area contributed by atoms with Crippen molar-refractivity contribution in [2.24, 2.45) is 11.3 Å². The van der Waals surface area contributed by atoms with Gasteiger partial charge in [-0.05, 0) is 19.8 Å². The Labute approximate surface area is 110 Å². The molecule has 0 saturated heterocycles. The summed E-state index contributed by atoms with van der Waals surface area (Å²) >= 11 is 0. The SMILES string of the molecule is CCCCCC(C)(CC(C)C(=O)OC)C(=O)OC. The number of esters is 2. The highest BCUT2D eigenvalue weighted by atomic mass is 16.5. The Morgan fingerprint density at radius 1 is 1.17 bits per heavy atom. The molecular formula is C14H26O4. The van der Waals surface area contributed by atoms with Crippen LogP contribution in [0.15, 0.2) is 0 Å². The number of ether oxygens (including phenoxy) is 2. The van der Waals surface area contributed by atoms with Crippen LogP contribution >= 0.6 is 0 Å². The third-order valence-electron chi connectivity index (χ3n) is 3.37. The van der Waals surface area contributed by atoms with Crippen LogP contribution < -0.4 is 0 Å². The first-order valence-electron chi connectivity index (χ1n) is 6.57. The van der Waals surface area contributed by atoms with E-state index in [4.69, 9.17) is 9.47 Å². The molecule has 4 heteroatoms. The minimum absolute atomic E-state index is 0.241. The largest absolute Gasteiger partial charge is 0.469 e. The van der Waals surface area contributed by atoms with Gasteiger partial charge in [-0.1, -0.05) is 33.1 Å². The third-order valence-corrected chi connectivity index (χ3v) is 3.37. The van der Waals surface area contributed by atoms with Gasteiger partial charge in [-0.2, -0.15) is 0 Å². The van der Waals surface area contributed by atoms with Gasteiger partial charge in [-0.3, -0.25) is 9.59 Å². The predicted molar refractivity (Wildman–Crippen MR) is 70.1 cm³/mol. The van der Waals surface area contributed by atoms with Crippen LogP contribution in [0.5, 0.6) is 0 Å². The lowest BCUT2D eigenvalue weighted by Gasteiger charge is -2.28. The van der Waals surface area contributed by atoms with Gasteiger partial charge in [0.05, 0.1) is 25.6 Å². The highest BCUT2D eigenvalue weighted by Crippen LogP contribution is 2.34. The fourth-order valence-electron chi connectivity index (χ4n) is 2.26. The fraction of sp³-hybridized carbons (Fsp3) is 0.857. The summed E-state index contributed by atoms with van der Waals surface area (Å²) in [6, 6.07) is 0. The number of carbonyl (C=O) groups is 2. The van der Waals surface area contributed by atoms with Gasteiger partial charge in [0.15, 0.2) is 0 Å². The molecule has 0 saturated carbocycles. The van der Waals surface area contributed by atoms with Crippen LogP contribution in [-0.4, -0.2) is 26.2 Å². The van der Waals surface area contributed by atoms with Crippen molar-refractivity contribution in [3.63, 3.8) is 0 Å². The van der Waals surface area contributed by atoms with E-state index >= 15 is 0 Å². The minimum atomic E-state index is -0.600. The monoisotopic (exact) mass is 258 g/mol. The standard InChI is InChI=1S/C14H26O4/c1-6-7-8-9-14(3,13(16)18-5)10-11(2)12(15)17-4/h11H,6-10H2,1-5H3. The van der Waals surface area contributed by atoms with Crippen LogP contribution in [0.2, 0.25) is 0 Å². The molecule has 106 valence electrons. The lowest BCUT2D eigenvalue weighted by atomic mass is 9.77. The fourth-order valence-corrected chi connectivity index (χ4v) is 2.26. The number of methoxy groups -OCH3 is 2. The number of unbranched alkanes of at least 4 members (excludes halogenated alkanes) is 2. The molecule has 0 heterocycles. The van der Waals surface area contributed by atoms with Gasteiger partial charge < -0.3 is 9.47 Å². The summed E-state index contributed by atoms with van der Waals surface area (Å²) in [5.41, 5.74) is -0.600. The first kappa shape index (κ1) is 16.9. The molecule has 0 spiro atoms. The number of hydrogen-bond acceptors (Lipinski definition) is 4. The van der Waals surface area contributed by atoms with Crippen molar-refractivity contribution in [2.45, 2.75) is 52.9 Å². The highest BCUT2D eigenvalue weighted by molar-refractivity contribution is 5.78. The molecule has 0 aliphatic rings. The summed E-state index contributed by atoms with van der Waals surface area (Å²) in [5, 5.41) is 0. The predicted octanol–water partition coefficient (Wildman–Crippen LogP) is 2.95. The van der Waals surface area contributed by atoms with Gasteiger partial charge in [-0.15, -0.1) is 0 Å². The normalized spacial score (nSPS) is 15.6. The Morgan fingerprint density at radius 2 is 1.78 bits per heavy atom. The molecule has 0 radical (unpaired) electrons. The average molecular weight is 258 g/mol. The van der Waals surface area contributed by atoms with Crippen LogP contribution in [0.25, 0.3) is 0 Å². The summed E-state index contributed by atoms with van der Waals surface area (Å²) in [5.74, 6) is -0.810. The van der Waals surface area contributed by atoms with Crippen molar-refractivity contribution >= 4 is 11.9 Å². The molecule has 0 rings (SSSR count). The van der Waals surface area contributed by atoms with E-state index < -0.39 is 5.41 Å². The van der Waals surface area contributed by atoms with E-state index in [1.165, 1.54) is 14.2 Å². The van der Waals surface area contributed by atoms with Crippen molar-refractivity contribution in [2.75, 3.05) is 14.2 Å². The zero-order valence-electron chi connectivity index (χ0n) is 12.2. The smallest absolute Gasteiger partial charge is 0.311 e. The third kappa shape index (κ3) is 5.07. The second kappa shape index (κ2) is 8.11. The summed E-state index contributed by atoms with van der Waals surface area (Å²) < 4.78 is 9.58. The van der Waals surface area contributed by atoms with Crippen LogP contribution in [0.4, 0.5) is 0 Å². The first-order chi connectivity index (χ1) is 8.41. The van der Waals surface area contributed by atoms with Crippen molar-refractivity contribution in [1.29, 1.82) is 0 Å². The quantitative estimate of drug-likeness (QED) is 0.496. The number of hydrogen-bond donors (Lipinski definition) is 0. The lowest BCUT2D eigenvalue weighted by molar-refractivity contribution is -0.155. The molecule has 4 nitrogen and oxygen atoms in total. The van der Waals surface area contributed by atoms with Gasteiger partial charge >= 0.3 is 11.9 Å². The zero-order valence-corrected chi connectivity index (χ0v) is 12.2. The number of rotatable bonds is 8. The van der Waals surface area contributed by atoms with Crippen LogP contribution in [0.3, 0.4) is 0 Å². The molecule has 0 aromatic carbocycles. The van der Waals surface area contributed by atoms with Gasteiger partial charge in [0.25, 0.3) is 0 Å². The summed E-state index contributed by atoms with van der Waals surface area (Å²) in [4.78, 5) is 23.4. The molecule has 2 unspecified atom stereocenters. The van der Waals surface area contributed by atoms with E-state index in [1.54, 1.807) is 6.92 Å². The Hall–Kier alpha value is -1.06. The van der Waals surface area contributed by atoms with Gasteiger partial charge in [0.1, 0.15) is 0 Å². The van der Waals surface area contributed by atoms with Gasteiger partial charge in [0, 0.05) is 0 Å². The Morgan fingerprint density at radius 3 is 2.22 bits per heavy atom. The molecule has 0 fully saturated rings. The average Bonchev–Trinajstić information content (AvgIpc) is 2.36. The topological polar surface area (TPSA) is 52.6 Å². The van der Waals surface area contributed by atoms with E-state index in [0.29, 0.717) is 6.42 Å². The second-order valence-electron chi connectivity index (χ2n) is 5.14. The number of carbonyl (C=O) groups excluding carboxylic acids is 2. The van der Waals surface area contributed by atoms with E-state index in [2.05, 4.69) is 6.92 Å². The molecule has 0 aromatic rings. The molecule has 0 bridgehead atoms. The van der Waals surface area contributed by atoms with Crippen LogP contribution in [0, 0.1) is 11.3 Å². The van der Waals surface area contributed by atoms with Crippen molar-refractivity contribution in [1.82, 2.24) is 0 Å². The Kier molecular flexibility index (Phi) is 7.64. The van der Waals surface area contributed by atoms with Crippen LogP contribution in [0.1, 0.15) is 52.9 Å². The summed E-state index contributed by atoms with van der Waals surface area (Å²) in [7, 11) is 2.76. The minimum Gasteiger partial charge on any atom is -0.469 e. The van der Waals surface area contributed by atoms with Gasteiger partial charge in [-0.25, -0.2) is 0 Å². The van der Waals surface area contributed by atoms with Crippen molar-refractivity contribution in [3.05, 3.63) is 0 Å². The molecule has 0 aliphatic heterocycles. The summed E-state index contributed by atoms with van der Waals surface area (Å²) in [6.45, 7) is 5.77. The maximum Gasteiger partial charge on any atom is 0.311 e. The molecule has 18 heavy (non-hydrogen) atoms. The van der Waals surface area contributed by atoms with E-state index in [-0.39, 0.29) is 17.9 Å². The molecule has 0 aromatic heterocycles. The maximum absolute atomic E-state index is 11.9. The summed E-state index contributed by atoms with van der Waals surface area (Å²) in [6.07, 6.45) is 4.36. The van der Waals surface area contributed by atoms with E-state index in [1.807, 2.05) is 6.92 Å². The molecule has 0 amide bonds. The first-order valence-corrected chi connectivity index (χ1v) is 6.57. The second-order valence-corrected chi connectivity index (χ2v) is 5.14. The maximum atomic E-state index is 11.9. The highest BCUT2D eigenvalue weighted by Gasteiger charge is 2.37. The lowest BCUT2D eigenvalue weighted by Crippen LogP contribution is -2.33. The van der Waals surface area contributed by atoms with Crippen LogP contribution in [-0.2, 0) is 19.1 Å². The zero-order chi connectivity index (χ0) is 14.2. The Balaban J connectivity index is 4.65. The van der Waals surface area contributed by atoms with Gasteiger partial charge in [0.2, 0.25) is 0 Å². The molecular weight excluding hydrogens is 232 g/mol. The molecule has 2 atom stereocenters. The molecule has 0 aliphatic carbocycles. The molecule has 0 N–H and O–H groups in total. The van der Waals surface area contributed by atoms with Crippen molar-refractivity contribution in [3.8, 4) is 0 Å². The van der Waals surface area contributed by atoms with E-state index in [0.717, 1.165) is 25.7 Å². The Bertz CT molecular complexity index is 275.